The Hall–Kier alpha value is -2.71. The summed E-state index contributed by atoms with van der Waals surface area (Å²) in [4.78, 5) is 37.5. The Morgan fingerprint density at radius 2 is 2.12 bits per heavy atom. The first kappa shape index (κ1) is 18.1. The molecule has 2 N–H and O–H groups in total. The third-order valence-electron chi connectivity index (χ3n) is 4.91. The second kappa shape index (κ2) is 7.67. The zero-order chi connectivity index (χ0) is 18.7. The molecule has 0 spiro atoms. The summed E-state index contributed by atoms with van der Waals surface area (Å²) in [5, 5.41) is 7.16. The molecule has 140 valence electrons. The predicted molar refractivity (Wildman–Crippen MR) is 97.1 cm³/mol. The normalized spacial score (nSPS) is 16.5. The highest BCUT2D eigenvalue weighted by Gasteiger charge is 2.23. The van der Waals surface area contributed by atoms with E-state index >= 15 is 0 Å². The Morgan fingerprint density at radius 3 is 2.73 bits per heavy atom. The number of carbonyl (C=O) groups is 1. The van der Waals surface area contributed by atoms with E-state index in [0.29, 0.717) is 17.9 Å². The average Bonchev–Trinajstić information content (AvgIpc) is 3.14. The van der Waals surface area contributed by atoms with Crippen LogP contribution in [0.2, 0.25) is 0 Å². The number of aryl methyl sites for hydroxylation is 1. The van der Waals surface area contributed by atoms with E-state index in [9.17, 15) is 9.59 Å². The average molecular weight is 359 g/mol. The lowest BCUT2D eigenvalue weighted by atomic mass is 10.0. The summed E-state index contributed by atoms with van der Waals surface area (Å²) in [6, 6.07) is 0.113. The maximum Gasteiger partial charge on any atom is 0.255 e. The minimum absolute atomic E-state index is 0.0177. The number of aromatic amines is 1. The lowest BCUT2D eigenvalue weighted by Gasteiger charge is -2.33. The van der Waals surface area contributed by atoms with E-state index in [4.69, 9.17) is 0 Å². The van der Waals surface area contributed by atoms with Gasteiger partial charge in [0.15, 0.2) is 0 Å². The third-order valence-corrected chi connectivity index (χ3v) is 4.91. The molecule has 0 radical (unpaired) electrons. The number of amides is 1. The SMILES string of the molecule is Cc1nc(N2CCC(NC(=O)CC(C)n3cncn3)CC2)[nH]c(=O)c1C. The van der Waals surface area contributed by atoms with Gasteiger partial charge in [-0.1, -0.05) is 0 Å². The molecule has 9 heteroatoms. The van der Waals surface area contributed by atoms with E-state index in [1.54, 1.807) is 17.9 Å². The van der Waals surface area contributed by atoms with Crippen LogP contribution in [0.3, 0.4) is 0 Å². The van der Waals surface area contributed by atoms with Crippen molar-refractivity contribution in [2.45, 2.75) is 52.1 Å². The number of hydrogen-bond acceptors (Lipinski definition) is 6. The first-order valence-corrected chi connectivity index (χ1v) is 8.90. The highest BCUT2D eigenvalue weighted by atomic mass is 16.1. The van der Waals surface area contributed by atoms with Gasteiger partial charge in [-0.05, 0) is 33.6 Å². The van der Waals surface area contributed by atoms with Crippen LogP contribution in [0.5, 0.6) is 0 Å². The Labute approximate surface area is 151 Å². The van der Waals surface area contributed by atoms with Gasteiger partial charge in [-0.3, -0.25) is 14.6 Å². The Morgan fingerprint density at radius 1 is 1.38 bits per heavy atom. The molecule has 26 heavy (non-hydrogen) atoms. The second-order valence-corrected chi connectivity index (χ2v) is 6.86. The van der Waals surface area contributed by atoms with Gasteiger partial charge in [0.1, 0.15) is 12.7 Å². The van der Waals surface area contributed by atoms with E-state index in [0.717, 1.165) is 31.6 Å². The minimum Gasteiger partial charge on any atom is -0.353 e. The van der Waals surface area contributed by atoms with Crippen LogP contribution < -0.4 is 15.8 Å². The number of nitrogens with zero attached hydrogens (tertiary/aromatic N) is 5. The molecule has 1 aliphatic rings. The molecule has 3 rings (SSSR count). The minimum atomic E-state index is -0.0926. The highest BCUT2D eigenvalue weighted by Crippen LogP contribution is 2.17. The fourth-order valence-corrected chi connectivity index (χ4v) is 3.11. The number of H-pyrrole nitrogens is 1. The summed E-state index contributed by atoms with van der Waals surface area (Å²) in [6.07, 6.45) is 5.10. The quantitative estimate of drug-likeness (QED) is 0.814. The maximum atomic E-state index is 12.2. The Balaban J connectivity index is 1.51. The van der Waals surface area contributed by atoms with Crippen LogP contribution in [0.1, 0.15) is 43.5 Å². The van der Waals surface area contributed by atoms with Crippen molar-refractivity contribution in [3.63, 3.8) is 0 Å². The van der Waals surface area contributed by atoms with Crippen molar-refractivity contribution in [1.29, 1.82) is 0 Å². The van der Waals surface area contributed by atoms with Crippen LogP contribution in [-0.2, 0) is 4.79 Å². The smallest absolute Gasteiger partial charge is 0.255 e. The second-order valence-electron chi connectivity index (χ2n) is 6.86. The molecular formula is C17H25N7O2. The van der Waals surface area contributed by atoms with Gasteiger partial charge in [0.05, 0.1) is 6.04 Å². The molecule has 1 unspecified atom stereocenters. The molecule has 0 saturated carbocycles. The number of rotatable bonds is 5. The van der Waals surface area contributed by atoms with Gasteiger partial charge in [-0.2, -0.15) is 5.10 Å². The first-order chi connectivity index (χ1) is 12.4. The molecule has 2 aromatic rings. The van der Waals surface area contributed by atoms with Crippen LogP contribution in [0.4, 0.5) is 5.95 Å². The molecular weight excluding hydrogens is 334 g/mol. The Bertz CT molecular complexity index is 807. The number of carbonyl (C=O) groups excluding carboxylic acids is 1. The fourth-order valence-electron chi connectivity index (χ4n) is 3.11. The zero-order valence-corrected chi connectivity index (χ0v) is 15.4. The molecule has 0 aromatic carbocycles. The number of anilines is 1. The van der Waals surface area contributed by atoms with Crippen LogP contribution in [0, 0.1) is 13.8 Å². The molecule has 2 aromatic heterocycles. The number of hydrogen-bond donors (Lipinski definition) is 2. The largest absolute Gasteiger partial charge is 0.353 e. The molecule has 1 fully saturated rings. The van der Waals surface area contributed by atoms with Crippen molar-refractivity contribution >= 4 is 11.9 Å². The fraction of sp³-hybridized carbons (Fsp3) is 0.588. The van der Waals surface area contributed by atoms with Crippen molar-refractivity contribution in [1.82, 2.24) is 30.0 Å². The van der Waals surface area contributed by atoms with Gasteiger partial charge in [-0.15, -0.1) is 0 Å². The van der Waals surface area contributed by atoms with Gasteiger partial charge in [0.2, 0.25) is 11.9 Å². The lowest BCUT2D eigenvalue weighted by Crippen LogP contribution is -2.45. The van der Waals surface area contributed by atoms with Gasteiger partial charge >= 0.3 is 0 Å². The van der Waals surface area contributed by atoms with Crippen LogP contribution >= 0.6 is 0 Å². The highest BCUT2D eigenvalue weighted by molar-refractivity contribution is 5.76. The summed E-state index contributed by atoms with van der Waals surface area (Å²) in [5.41, 5.74) is 1.31. The van der Waals surface area contributed by atoms with Crippen LogP contribution in [-0.4, -0.2) is 49.8 Å². The molecule has 1 amide bonds. The Kier molecular flexibility index (Phi) is 5.34. The first-order valence-electron chi connectivity index (χ1n) is 8.90. The van der Waals surface area contributed by atoms with Gasteiger partial charge < -0.3 is 10.2 Å². The van der Waals surface area contributed by atoms with Crippen molar-refractivity contribution in [2.24, 2.45) is 0 Å². The topological polar surface area (TPSA) is 109 Å². The van der Waals surface area contributed by atoms with Gasteiger partial charge in [0.25, 0.3) is 5.56 Å². The summed E-state index contributed by atoms with van der Waals surface area (Å²) in [7, 11) is 0. The molecule has 1 saturated heterocycles. The van der Waals surface area contributed by atoms with Crippen molar-refractivity contribution in [3.8, 4) is 0 Å². The van der Waals surface area contributed by atoms with E-state index < -0.39 is 0 Å². The molecule has 9 nitrogen and oxygen atoms in total. The summed E-state index contributed by atoms with van der Waals surface area (Å²) < 4.78 is 1.68. The molecule has 0 aliphatic carbocycles. The lowest BCUT2D eigenvalue weighted by molar-refractivity contribution is -0.122. The molecule has 3 heterocycles. The predicted octanol–water partition coefficient (Wildman–Crippen LogP) is 0.715. The van der Waals surface area contributed by atoms with Crippen LogP contribution in [0.25, 0.3) is 0 Å². The summed E-state index contributed by atoms with van der Waals surface area (Å²) in [6.45, 7) is 7.05. The maximum absolute atomic E-state index is 12.2. The molecule has 1 aliphatic heterocycles. The van der Waals surface area contributed by atoms with E-state index in [2.05, 4.69) is 30.3 Å². The van der Waals surface area contributed by atoms with E-state index in [-0.39, 0.29) is 23.6 Å². The summed E-state index contributed by atoms with van der Waals surface area (Å²) in [5.74, 6) is 0.631. The van der Waals surface area contributed by atoms with Gasteiger partial charge in [0, 0.05) is 36.8 Å². The number of piperidine rings is 1. The number of nitrogens with one attached hydrogen (secondary N) is 2. The van der Waals surface area contributed by atoms with Gasteiger partial charge in [-0.25, -0.2) is 14.6 Å². The number of aromatic nitrogens is 5. The van der Waals surface area contributed by atoms with Crippen molar-refractivity contribution in [3.05, 3.63) is 34.3 Å². The van der Waals surface area contributed by atoms with Crippen molar-refractivity contribution < 1.29 is 4.79 Å². The zero-order valence-electron chi connectivity index (χ0n) is 15.4. The van der Waals surface area contributed by atoms with E-state index in [1.165, 1.54) is 6.33 Å². The van der Waals surface area contributed by atoms with Crippen LogP contribution in [0.15, 0.2) is 17.4 Å². The third kappa shape index (κ3) is 4.09. The monoisotopic (exact) mass is 359 g/mol. The van der Waals surface area contributed by atoms with Crippen molar-refractivity contribution in [2.75, 3.05) is 18.0 Å². The standard InChI is InChI=1S/C17H25N7O2/c1-11(24-10-18-9-19-24)8-15(25)21-14-4-6-23(7-5-14)17-20-13(3)12(2)16(26)22-17/h9-11,14H,4-8H2,1-3H3,(H,21,25)(H,20,22,26). The molecule has 0 bridgehead atoms. The molecule has 1 atom stereocenters. The summed E-state index contributed by atoms with van der Waals surface area (Å²) >= 11 is 0. The van der Waals surface area contributed by atoms with E-state index in [1.807, 2.05) is 13.8 Å².